The van der Waals surface area contributed by atoms with Crippen LogP contribution in [-0.4, -0.2) is 17.5 Å². The molecule has 0 N–H and O–H groups in total. The topological polar surface area (TPSA) is 3.24 Å². The van der Waals surface area contributed by atoms with Crippen LogP contribution in [0.15, 0.2) is 36.4 Å². The molecular weight excluding hydrogens is 302 g/mol. The average Bonchev–Trinajstić information content (AvgIpc) is 3.08. The lowest BCUT2D eigenvalue weighted by molar-refractivity contribution is 0.203. The zero-order valence-electron chi connectivity index (χ0n) is 16.2. The Morgan fingerprint density at radius 1 is 0.800 bits per heavy atom. The minimum Gasteiger partial charge on any atom is -0.296 e. The summed E-state index contributed by atoms with van der Waals surface area (Å²) in [5, 5.41) is 0. The van der Waals surface area contributed by atoms with Crippen LogP contribution in [0.1, 0.15) is 67.5 Å². The lowest BCUT2D eigenvalue weighted by Crippen LogP contribution is -2.36. The van der Waals surface area contributed by atoms with Crippen molar-refractivity contribution in [3.63, 3.8) is 0 Å². The number of rotatable bonds is 3. The molecular formula is C24H31N. The molecule has 0 saturated carbocycles. The molecule has 0 unspecified atom stereocenters. The van der Waals surface area contributed by atoms with Crippen molar-refractivity contribution >= 4 is 0 Å². The zero-order chi connectivity index (χ0) is 17.6. The van der Waals surface area contributed by atoms with Crippen LogP contribution >= 0.6 is 0 Å². The van der Waals surface area contributed by atoms with Gasteiger partial charge in [-0.2, -0.15) is 0 Å². The molecule has 132 valence electrons. The molecule has 2 aliphatic rings. The van der Waals surface area contributed by atoms with E-state index in [2.05, 4.69) is 69.0 Å². The van der Waals surface area contributed by atoms with Crippen LogP contribution in [0.2, 0.25) is 0 Å². The summed E-state index contributed by atoms with van der Waals surface area (Å²) < 4.78 is 0. The second-order valence-electron chi connectivity index (χ2n) is 8.76. The van der Waals surface area contributed by atoms with Crippen molar-refractivity contribution in [2.24, 2.45) is 0 Å². The lowest BCUT2D eigenvalue weighted by Gasteiger charge is -2.34. The molecule has 0 amide bonds. The normalized spacial score (nSPS) is 17.6. The molecule has 1 nitrogen and oxygen atoms in total. The van der Waals surface area contributed by atoms with Gasteiger partial charge in [-0.05, 0) is 72.9 Å². The van der Waals surface area contributed by atoms with E-state index >= 15 is 0 Å². The molecule has 0 spiro atoms. The van der Waals surface area contributed by atoms with Gasteiger partial charge in [0, 0.05) is 24.5 Å². The van der Waals surface area contributed by atoms with Crippen LogP contribution in [0.3, 0.4) is 0 Å². The summed E-state index contributed by atoms with van der Waals surface area (Å²) >= 11 is 0. The third kappa shape index (κ3) is 3.04. The molecule has 1 heteroatoms. The quantitative estimate of drug-likeness (QED) is 0.740. The minimum absolute atomic E-state index is 0.0713. The van der Waals surface area contributed by atoms with Gasteiger partial charge in [-0.1, -0.05) is 50.2 Å². The molecule has 2 aromatic carbocycles. The largest absolute Gasteiger partial charge is 0.296 e. The van der Waals surface area contributed by atoms with Gasteiger partial charge in [0.15, 0.2) is 0 Å². The van der Waals surface area contributed by atoms with Gasteiger partial charge < -0.3 is 0 Å². The van der Waals surface area contributed by atoms with Crippen LogP contribution in [0.4, 0.5) is 0 Å². The standard InChI is InChI=1S/C24H31N/c1-17(2)25-13-12-20-15-23(11-9-21(20)16-25)24(3,4)22-10-8-18-6-5-7-19(18)14-22/h8-11,14-15,17H,5-7,12-13,16H2,1-4H3. The highest BCUT2D eigenvalue weighted by Crippen LogP contribution is 2.36. The second-order valence-corrected chi connectivity index (χ2v) is 8.76. The van der Waals surface area contributed by atoms with E-state index in [9.17, 15) is 0 Å². The first-order valence-electron chi connectivity index (χ1n) is 9.94. The smallest absolute Gasteiger partial charge is 0.0239 e. The van der Waals surface area contributed by atoms with Crippen molar-refractivity contribution in [3.05, 3.63) is 69.8 Å². The van der Waals surface area contributed by atoms with E-state index in [0.717, 1.165) is 6.54 Å². The lowest BCUT2D eigenvalue weighted by atomic mass is 9.76. The number of aryl methyl sites for hydroxylation is 2. The highest BCUT2D eigenvalue weighted by atomic mass is 15.1. The third-order valence-electron chi connectivity index (χ3n) is 6.52. The molecule has 0 fully saturated rings. The summed E-state index contributed by atoms with van der Waals surface area (Å²) in [6, 6.07) is 15.1. The summed E-state index contributed by atoms with van der Waals surface area (Å²) in [7, 11) is 0. The van der Waals surface area contributed by atoms with Crippen molar-refractivity contribution in [1.29, 1.82) is 0 Å². The zero-order valence-corrected chi connectivity index (χ0v) is 16.2. The molecule has 4 rings (SSSR count). The van der Waals surface area contributed by atoms with Gasteiger partial charge in [0.1, 0.15) is 0 Å². The van der Waals surface area contributed by atoms with Crippen molar-refractivity contribution < 1.29 is 0 Å². The number of hydrogen-bond donors (Lipinski definition) is 0. The first-order chi connectivity index (χ1) is 11.9. The number of benzene rings is 2. The predicted molar refractivity (Wildman–Crippen MR) is 106 cm³/mol. The van der Waals surface area contributed by atoms with E-state index in [0.29, 0.717) is 6.04 Å². The molecule has 0 saturated heterocycles. The van der Waals surface area contributed by atoms with Gasteiger partial charge in [-0.25, -0.2) is 0 Å². The van der Waals surface area contributed by atoms with Crippen LogP contribution in [0.25, 0.3) is 0 Å². The Hall–Kier alpha value is -1.60. The van der Waals surface area contributed by atoms with E-state index in [-0.39, 0.29) is 5.41 Å². The summed E-state index contributed by atoms with van der Waals surface area (Å²) in [5.74, 6) is 0. The number of fused-ring (bicyclic) bond motifs is 2. The van der Waals surface area contributed by atoms with Crippen LogP contribution < -0.4 is 0 Å². The Kier molecular flexibility index (Phi) is 4.24. The third-order valence-corrected chi connectivity index (χ3v) is 6.52. The summed E-state index contributed by atoms with van der Waals surface area (Å²) in [6.07, 6.45) is 5.03. The first-order valence-corrected chi connectivity index (χ1v) is 9.94. The van der Waals surface area contributed by atoms with Crippen LogP contribution in [-0.2, 0) is 31.2 Å². The van der Waals surface area contributed by atoms with Gasteiger partial charge in [0.25, 0.3) is 0 Å². The average molecular weight is 334 g/mol. The molecule has 0 bridgehead atoms. The summed E-state index contributed by atoms with van der Waals surface area (Å²) in [6.45, 7) is 11.7. The van der Waals surface area contributed by atoms with E-state index in [4.69, 9.17) is 0 Å². The maximum Gasteiger partial charge on any atom is 0.0239 e. The van der Waals surface area contributed by atoms with Gasteiger partial charge in [0.2, 0.25) is 0 Å². The predicted octanol–water partition coefficient (Wildman–Crippen LogP) is 5.27. The van der Waals surface area contributed by atoms with Crippen molar-refractivity contribution in [1.82, 2.24) is 4.90 Å². The Labute approximate surface area is 153 Å². The van der Waals surface area contributed by atoms with Crippen molar-refractivity contribution in [2.45, 2.75) is 71.4 Å². The Morgan fingerprint density at radius 3 is 2.08 bits per heavy atom. The monoisotopic (exact) mass is 333 g/mol. The molecule has 0 radical (unpaired) electrons. The Bertz CT molecular complexity index is 785. The van der Waals surface area contributed by atoms with Gasteiger partial charge in [0.05, 0.1) is 0 Å². The number of hydrogen-bond acceptors (Lipinski definition) is 1. The molecule has 1 heterocycles. The summed E-state index contributed by atoms with van der Waals surface area (Å²) in [4.78, 5) is 2.58. The molecule has 1 aliphatic heterocycles. The van der Waals surface area contributed by atoms with Crippen LogP contribution in [0.5, 0.6) is 0 Å². The maximum atomic E-state index is 2.58. The fraction of sp³-hybridized carbons (Fsp3) is 0.500. The van der Waals surface area contributed by atoms with E-state index in [1.54, 1.807) is 16.7 Å². The van der Waals surface area contributed by atoms with Crippen molar-refractivity contribution in [3.8, 4) is 0 Å². The number of nitrogens with zero attached hydrogens (tertiary/aromatic N) is 1. The fourth-order valence-electron chi connectivity index (χ4n) is 4.53. The molecule has 2 aromatic rings. The Balaban J connectivity index is 1.65. The second kappa shape index (κ2) is 6.29. The van der Waals surface area contributed by atoms with E-state index in [1.807, 2.05) is 0 Å². The van der Waals surface area contributed by atoms with Gasteiger partial charge in [-0.15, -0.1) is 0 Å². The SMILES string of the molecule is CC(C)N1CCc2cc(C(C)(C)c3ccc4c(c3)CCC4)ccc2C1. The van der Waals surface area contributed by atoms with E-state index in [1.165, 1.54) is 48.9 Å². The Morgan fingerprint density at radius 2 is 1.40 bits per heavy atom. The maximum absolute atomic E-state index is 2.58. The molecule has 0 atom stereocenters. The van der Waals surface area contributed by atoms with Gasteiger partial charge in [-0.3, -0.25) is 4.90 Å². The summed E-state index contributed by atoms with van der Waals surface area (Å²) in [5.41, 5.74) is 9.23. The highest BCUT2D eigenvalue weighted by Gasteiger charge is 2.27. The first kappa shape index (κ1) is 16.8. The molecule has 0 aromatic heterocycles. The van der Waals surface area contributed by atoms with Gasteiger partial charge >= 0.3 is 0 Å². The van der Waals surface area contributed by atoms with Crippen LogP contribution in [0, 0.1) is 0 Å². The van der Waals surface area contributed by atoms with Crippen molar-refractivity contribution in [2.75, 3.05) is 6.54 Å². The van der Waals surface area contributed by atoms with E-state index < -0.39 is 0 Å². The highest BCUT2D eigenvalue weighted by molar-refractivity contribution is 5.46. The minimum atomic E-state index is 0.0713. The molecule has 25 heavy (non-hydrogen) atoms. The fourth-order valence-corrected chi connectivity index (χ4v) is 4.53. The molecule has 1 aliphatic carbocycles.